The molecule has 3 aromatic rings. The number of hydrogen-bond acceptors (Lipinski definition) is 8. The molecule has 2 aliphatic heterocycles. The summed E-state index contributed by atoms with van der Waals surface area (Å²) in [5.74, 6) is 1.01. The Bertz CT molecular complexity index is 1170. The van der Waals surface area contributed by atoms with Crippen molar-refractivity contribution in [2.45, 2.75) is 18.8 Å². The summed E-state index contributed by atoms with van der Waals surface area (Å²) in [6.45, 7) is 1.56. The Morgan fingerprint density at radius 2 is 2.09 bits per heavy atom. The molecule has 1 aromatic carbocycles. The number of methoxy groups -OCH3 is 1. The van der Waals surface area contributed by atoms with Crippen LogP contribution in [0.1, 0.15) is 16.9 Å². The monoisotopic (exact) mass is 450 g/mol. The van der Waals surface area contributed by atoms with Gasteiger partial charge in [-0.15, -0.1) is 0 Å². The quantitative estimate of drug-likeness (QED) is 0.630. The van der Waals surface area contributed by atoms with Crippen molar-refractivity contribution < 1.29 is 19.0 Å². The van der Waals surface area contributed by atoms with Gasteiger partial charge in [-0.3, -0.25) is 4.79 Å². The SMILES string of the molecule is COc1ncc(N2C[C@@H](OC3CCN(C(=O)c4cn(C)cn4)C3)Oc3ccccc32)cc1N. The molecule has 2 N–H and O–H groups in total. The van der Waals surface area contributed by atoms with Gasteiger partial charge in [0.2, 0.25) is 12.2 Å². The highest BCUT2D eigenvalue weighted by Gasteiger charge is 2.34. The highest BCUT2D eigenvalue weighted by Crippen LogP contribution is 2.39. The number of pyridine rings is 1. The standard InChI is InChI=1S/C23H26N6O4/c1-27-12-18(26-14-27)23(30)28-8-7-16(11-28)32-21-13-29(19-5-3-4-6-20(19)33-21)15-9-17(24)22(31-2)25-10-15/h3-6,9-10,12,14,16,21H,7-8,11,13,24H2,1-2H3/t16?,21-/m0/s1. The Morgan fingerprint density at radius 1 is 1.24 bits per heavy atom. The zero-order valence-electron chi connectivity index (χ0n) is 18.5. The smallest absolute Gasteiger partial charge is 0.274 e. The van der Waals surface area contributed by atoms with Crippen LogP contribution in [0.3, 0.4) is 0 Å². The van der Waals surface area contributed by atoms with E-state index in [1.807, 2.05) is 37.4 Å². The number of hydrogen-bond donors (Lipinski definition) is 1. The van der Waals surface area contributed by atoms with Gasteiger partial charge in [0.25, 0.3) is 5.91 Å². The summed E-state index contributed by atoms with van der Waals surface area (Å²) in [4.78, 5) is 25.0. The van der Waals surface area contributed by atoms with E-state index in [-0.39, 0.29) is 12.0 Å². The minimum absolute atomic E-state index is 0.0852. The topological polar surface area (TPSA) is 108 Å². The summed E-state index contributed by atoms with van der Waals surface area (Å²) in [5, 5.41) is 0. The van der Waals surface area contributed by atoms with Crippen LogP contribution in [0, 0.1) is 0 Å². The molecule has 0 spiro atoms. The Kier molecular flexibility index (Phi) is 5.51. The van der Waals surface area contributed by atoms with Crippen LogP contribution in [0.2, 0.25) is 0 Å². The van der Waals surface area contributed by atoms with Crippen LogP contribution < -0.4 is 20.1 Å². The van der Waals surface area contributed by atoms with E-state index in [0.717, 1.165) is 17.8 Å². The van der Waals surface area contributed by atoms with Crippen molar-refractivity contribution in [3.63, 3.8) is 0 Å². The number of benzene rings is 1. The molecule has 4 heterocycles. The van der Waals surface area contributed by atoms with E-state index in [2.05, 4.69) is 14.9 Å². The molecule has 172 valence electrons. The Morgan fingerprint density at radius 3 is 2.85 bits per heavy atom. The molecular weight excluding hydrogens is 424 g/mol. The number of ether oxygens (including phenoxy) is 3. The number of anilines is 3. The van der Waals surface area contributed by atoms with Gasteiger partial charge in [0.05, 0.1) is 49.3 Å². The second kappa shape index (κ2) is 8.62. The molecule has 5 rings (SSSR count). The number of likely N-dealkylation sites (tertiary alicyclic amines) is 1. The molecule has 1 amide bonds. The Labute approximate surface area is 191 Å². The lowest BCUT2D eigenvalue weighted by molar-refractivity contribution is -0.111. The van der Waals surface area contributed by atoms with Gasteiger partial charge >= 0.3 is 0 Å². The lowest BCUT2D eigenvalue weighted by atomic mass is 10.2. The van der Waals surface area contributed by atoms with Gasteiger partial charge < -0.3 is 34.3 Å². The van der Waals surface area contributed by atoms with Crippen molar-refractivity contribution in [1.29, 1.82) is 0 Å². The number of nitrogen functional groups attached to an aromatic ring is 1. The summed E-state index contributed by atoms with van der Waals surface area (Å²) in [6.07, 6.45) is 5.16. The van der Waals surface area contributed by atoms with E-state index in [4.69, 9.17) is 19.9 Å². The van der Waals surface area contributed by atoms with Crippen LogP contribution in [0.25, 0.3) is 0 Å². The fourth-order valence-corrected chi connectivity index (χ4v) is 4.22. The second-order valence-corrected chi connectivity index (χ2v) is 8.14. The number of para-hydroxylation sites is 2. The largest absolute Gasteiger partial charge is 0.480 e. The predicted molar refractivity (Wildman–Crippen MR) is 122 cm³/mol. The molecule has 0 bridgehead atoms. The van der Waals surface area contributed by atoms with E-state index >= 15 is 0 Å². The minimum Gasteiger partial charge on any atom is -0.480 e. The minimum atomic E-state index is -0.516. The van der Waals surface area contributed by atoms with Crippen molar-refractivity contribution in [2.75, 3.05) is 37.4 Å². The van der Waals surface area contributed by atoms with Gasteiger partial charge in [0.1, 0.15) is 11.4 Å². The number of carbonyl (C=O) groups excluding carboxylic acids is 1. The van der Waals surface area contributed by atoms with Crippen LogP contribution in [-0.4, -0.2) is 64.5 Å². The van der Waals surface area contributed by atoms with E-state index in [9.17, 15) is 4.79 Å². The molecular formula is C23H26N6O4. The zero-order valence-corrected chi connectivity index (χ0v) is 18.5. The molecule has 0 radical (unpaired) electrons. The van der Waals surface area contributed by atoms with Crippen molar-refractivity contribution in [3.05, 3.63) is 54.7 Å². The predicted octanol–water partition coefficient (Wildman–Crippen LogP) is 2.19. The summed E-state index contributed by atoms with van der Waals surface area (Å²) in [5.41, 5.74) is 8.71. The molecule has 2 atom stereocenters. The number of imidazole rings is 1. The van der Waals surface area contributed by atoms with Crippen LogP contribution in [0.15, 0.2) is 49.1 Å². The maximum atomic E-state index is 12.7. The van der Waals surface area contributed by atoms with Gasteiger partial charge in [0.15, 0.2) is 0 Å². The first-order valence-corrected chi connectivity index (χ1v) is 10.8. The number of nitrogens with zero attached hydrogens (tertiary/aromatic N) is 5. The van der Waals surface area contributed by atoms with Crippen LogP contribution in [0.4, 0.5) is 17.1 Å². The maximum Gasteiger partial charge on any atom is 0.274 e. The summed E-state index contributed by atoms with van der Waals surface area (Å²) >= 11 is 0. The van der Waals surface area contributed by atoms with E-state index in [1.54, 1.807) is 28.2 Å². The average Bonchev–Trinajstić information content (AvgIpc) is 3.47. The van der Waals surface area contributed by atoms with Crippen LogP contribution in [-0.2, 0) is 11.8 Å². The number of aryl methyl sites for hydroxylation is 1. The third-order valence-corrected chi connectivity index (χ3v) is 5.82. The van der Waals surface area contributed by atoms with E-state index in [0.29, 0.717) is 42.6 Å². The molecule has 10 heteroatoms. The van der Waals surface area contributed by atoms with Crippen molar-refractivity contribution in [3.8, 4) is 11.6 Å². The fourth-order valence-electron chi connectivity index (χ4n) is 4.22. The first-order valence-electron chi connectivity index (χ1n) is 10.8. The third-order valence-electron chi connectivity index (χ3n) is 5.82. The third kappa shape index (κ3) is 4.17. The number of rotatable bonds is 5. The number of nitrogens with two attached hydrogens (primary N) is 1. The molecule has 2 aromatic heterocycles. The van der Waals surface area contributed by atoms with Gasteiger partial charge in [0, 0.05) is 26.3 Å². The molecule has 2 aliphatic rings. The first-order chi connectivity index (χ1) is 16.0. The number of aromatic nitrogens is 3. The number of carbonyl (C=O) groups is 1. The first kappa shape index (κ1) is 21.1. The Balaban J connectivity index is 1.31. The summed E-state index contributed by atoms with van der Waals surface area (Å²) in [7, 11) is 3.38. The fraction of sp³-hybridized carbons (Fsp3) is 0.348. The summed E-state index contributed by atoms with van der Waals surface area (Å²) in [6, 6.07) is 9.59. The Hall–Kier alpha value is -3.79. The lowest BCUT2D eigenvalue weighted by Gasteiger charge is -2.36. The van der Waals surface area contributed by atoms with Crippen molar-refractivity contribution >= 4 is 23.0 Å². The lowest BCUT2D eigenvalue weighted by Crippen LogP contribution is -2.42. The molecule has 0 saturated carbocycles. The van der Waals surface area contributed by atoms with Gasteiger partial charge in [-0.05, 0) is 24.6 Å². The normalized spacial score (nSPS) is 19.8. The highest BCUT2D eigenvalue weighted by atomic mass is 16.7. The molecule has 1 saturated heterocycles. The maximum absolute atomic E-state index is 12.7. The van der Waals surface area contributed by atoms with E-state index < -0.39 is 6.29 Å². The highest BCUT2D eigenvalue weighted by molar-refractivity contribution is 5.92. The molecule has 1 fully saturated rings. The number of fused-ring (bicyclic) bond motifs is 1. The molecule has 10 nitrogen and oxygen atoms in total. The van der Waals surface area contributed by atoms with Crippen molar-refractivity contribution in [1.82, 2.24) is 19.4 Å². The van der Waals surface area contributed by atoms with E-state index in [1.165, 1.54) is 7.11 Å². The average molecular weight is 450 g/mol. The van der Waals surface area contributed by atoms with Gasteiger partial charge in [-0.2, -0.15) is 0 Å². The zero-order chi connectivity index (χ0) is 22.9. The number of amides is 1. The van der Waals surface area contributed by atoms with Crippen LogP contribution in [0.5, 0.6) is 11.6 Å². The van der Waals surface area contributed by atoms with Crippen LogP contribution >= 0.6 is 0 Å². The molecule has 1 unspecified atom stereocenters. The van der Waals surface area contributed by atoms with Crippen molar-refractivity contribution in [2.24, 2.45) is 7.05 Å². The second-order valence-electron chi connectivity index (χ2n) is 8.14. The molecule has 33 heavy (non-hydrogen) atoms. The van der Waals surface area contributed by atoms with Gasteiger partial charge in [-0.1, -0.05) is 12.1 Å². The molecule has 0 aliphatic carbocycles. The van der Waals surface area contributed by atoms with Gasteiger partial charge in [-0.25, -0.2) is 9.97 Å². The summed E-state index contributed by atoms with van der Waals surface area (Å²) < 4.78 is 19.4.